The Morgan fingerprint density at radius 3 is 2.18 bits per heavy atom. The molecular weight excluding hydrogens is 529 g/mol. The fourth-order valence-corrected chi connectivity index (χ4v) is 4.86. The summed E-state index contributed by atoms with van der Waals surface area (Å²) in [5, 5.41) is 8.27. The third-order valence-electron chi connectivity index (χ3n) is 4.75. The number of nitrogens with zero attached hydrogens (tertiary/aromatic N) is 1. The van der Waals surface area contributed by atoms with Gasteiger partial charge >= 0.3 is 0 Å². The number of carbonyl (C=O) groups is 1. The van der Waals surface area contributed by atoms with E-state index >= 15 is 0 Å². The van der Waals surface area contributed by atoms with E-state index in [-0.39, 0.29) is 21.6 Å². The third-order valence-corrected chi connectivity index (χ3v) is 7.31. The summed E-state index contributed by atoms with van der Waals surface area (Å²) < 4.78 is 37.6. The maximum Gasteiger partial charge on any atom is 0.280 e. The first-order valence-electron chi connectivity index (χ1n) is 9.63. The smallest absolute Gasteiger partial charge is 0.280 e. The molecule has 1 heterocycles. The largest absolute Gasteiger partial charge is 0.346 e. The number of hydrogen-bond acceptors (Lipinski definition) is 5. The molecule has 33 heavy (non-hydrogen) atoms. The molecule has 168 valence electrons. The van der Waals surface area contributed by atoms with Gasteiger partial charge in [-0.05, 0) is 59.7 Å². The van der Waals surface area contributed by atoms with E-state index in [1.807, 2.05) is 24.3 Å². The number of sulfonamides is 1. The molecule has 0 aliphatic rings. The van der Waals surface area contributed by atoms with Crippen LogP contribution in [0, 0.1) is 5.82 Å². The summed E-state index contributed by atoms with van der Waals surface area (Å²) in [6, 6.07) is 19.4. The van der Waals surface area contributed by atoms with Crippen molar-refractivity contribution in [3.8, 4) is 21.7 Å². The van der Waals surface area contributed by atoms with Crippen LogP contribution < -0.4 is 10.5 Å². The van der Waals surface area contributed by atoms with Crippen LogP contribution in [0.2, 0.25) is 0 Å². The van der Waals surface area contributed by atoms with E-state index < -0.39 is 10.0 Å². The normalized spacial score (nSPS) is 11.4. The molecular formula is C23H17BrFN3O3S2. The first-order valence-corrected chi connectivity index (χ1v) is 12.8. The number of benzene rings is 3. The highest BCUT2D eigenvalue weighted by molar-refractivity contribution is 9.10. The molecule has 4 aromatic rings. The maximum absolute atomic E-state index is 13.4. The van der Waals surface area contributed by atoms with Crippen molar-refractivity contribution in [3.63, 3.8) is 0 Å². The van der Waals surface area contributed by atoms with Gasteiger partial charge in [0.25, 0.3) is 5.91 Å². The minimum atomic E-state index is -3.83. The topological polar surface area (TPSA) is 102 Å². The SMILES string of the molecule is NS(=O)(=O)c1ccc(-c2sc(C(=O)NCc3ccc(Br)cc3)nc2-c2ccc(F)cc2)cc1. The van der Waals surface area contributed by atoms with Crippen molar-refractivity contribution in [2.45, 2.75) is 11.4 Å². The molecule has 4 rings (SSSR count). The van der Waals surface area contributed by atoms with E-state index in [2.05, 4.69) is 26.2 Å². The molecule has 0 saturated heterocycles. The lowest BCUT2D eigenvalue weighted by Gasteiger charge is -2.04. The molecule has 1 amide bonds. The standard InChI is InChI=1S/C23H17BrFN3O3S2/c24-17-7-1-14(2-8-17)13-27-22(29)23-28-20(15-3-9-18(25)10-4-15)21(32-23)16-5-11-19(12-6-16)33(26,30)31/h1-12H,13H2,(H,27,29)(H2,26,30,31). The third kappa shape index (κ3) is 5.53. The van der Waals surface area contributed by atoms with Gasteiger partial charge in [-0.25, -0.2) is 22.9 Å². The zero-order valence-electron chi connectivity index (χ0n) is 17.0. The lowest BCUT2D eigenvalue weighted by molar-refractivity contribution is 0.0950. The van der Waals surface area contributed by atoms with Crippen LogP contribution in [0.15, 0.2) is 82.2 Å². The number of aromatic nitrogens is 1. The van der Waals surface area contributed by atoms with Gasteiger partial charge in [-0.1, -0.05) is 40.2 Å². The first kappa shape index (κ1) is 23.2. The second-order valence-electron chi connectivity index (χ2n) is 7.08. The number of carbonyl (C=O) groups excluding carboxylic acids is 1. The van der Waals surface area contributed by atoms with E-state index in [1.54, 1.807) is 24.3 Å². The Morgan fingerprint density at radius 1 is 0.970 bits per heavy atom. The predicted octanol–water partition coefficient (Wildman–Crippen LogP) is 4.96. The molecule has 1 aromatic heterocycles. The van der Waals surface area contributed by atoms with Gasteiger partial charge in [-0.3, -0.25) is 4.79 Å². The molecule has 0 fully saturated rings. The molecule has 10 heteroatoms. The summed E-state index contributed by atoms with van der Waals surface area (Å²) in [4.78, 5) is 18.0. The minimum Gasteiger partial charge on any atom is -0.346 e. The Labute approximate surface area is 202 Å². The Bertz CT molecular complexity index is 1400. The highest BCUT2D eigenvalue weighted by Gasteiger charge is 2.20. The average molecular weight is 546 g/mol. The Hall–Kier alpha value is -2.92. The van der Waals surface area contributed by atoms with E-state index in [4.69, 9.17) is 5.14 Å². The van der Waals surface area contributed by atoms with Gasteiger partial charge in [-0.15, -0.1) is 11.3 Å². The highest BCUT2D eigenvalue weighted by Crippen LogP contribution is 2.37. The second kappa shape index (κ2) is 9.52. The number of amides is 1. The molecule has 0 radical (unpaired) electrons. The summed E-state index contributed by atoms with van der Waals surface area (Å²) in [7, 11) is -3.83. The van der Waals surface area contributed by atoms with Crippen LogP contribution in [0.25, 0.3) is 21.7 Å². The predicted molar refractivity (Wildman–Crippen MR) is 130 cm³/mol. The van der Waals surface area contributed by atoms with E-state index in [9.17, 15) is 17.6 Å². The Balaban J connectivity index is 1.68. The van der Waals surface area contributed by atoms with Crippen molar-refractivity contribution in [3.05, 3.63) is 93.7 Å². The van der Waals surface area contributed by atoms with Crippen LogP contribution in [0.5, 0.6) is 0 Å². The monoisotopic (exact) mass is 545 g/mol. The summed E-state index contributed by atoms with van der Waals surface area (Å²) in [5.41, 5.74) is 2.72. The zero-order valence-corrected chi connectivity index (χ0v) is 20.2. The quantitative estimate of drug-likeness (QED) is 0.357. The molecule has 0 unspecified atom stereocenters. The fraction of sp³-hybridized carbons (Fsp3) is 0.0435. The zero-order chi connectivity index (χ0) is 23.6. The number of hydrogen-bond donors (Lipinski definition) is 2. The molecule has 6 nitrogen and oxygen atoms in total. The molecule has 0 bridgehead atoms. The van der Waals surface area contributed by atoms with Gasteiger partial charge in [-0.2, -0.15) is 0 Å². The molecule has 0 saturated carbocycles. The molecule has 0 aliphatic heterocycles. The number of nitrogens with one attached hydrogen (secondary N) is 1. The maximum atomic E-state index is 13.4. The summed E-state index contributed by atoms with van der Waals surface area (Å²) in [5.74, 6) is -0.737. The molecule has 0 spiro atoms. The summed E-state index contributed by atoms with van der Waals surface area (Å²) >= 11 is 4.54. The minimum absolute atomic E-state index is 0.0217. The number of nitrogens with two attached hydrogens (primary N) is 1. The first-order chi connectivity index (χ1) is 15.7. The van der Waals surface area contributed by atoms with Gasteiger partial charge in [0.2, 0.25) is 10.0 Å². The van der Waals surface area contributed by atoms with E-state index in [0.29, 0.717) is 28.2 Å². The number of rotatable bonds is 6. The molecule has 0 aliphatic carbocycles. The summed E-state index contributed by atoms with van der Waals surface area (Å²) in [6.45, 7) is 0.329. The van der Waals surface area contributed by atoms with Crippen LogP contribution in [0.4, 0.5) is 4.39 Å². The highest BCUT2D eigenvalue weighted by atomic mass is 79.9. The molecule has 3 N–H and O–H groups in total. The molecule has 3 aromatic carbocycles. The van der Waals surface area contributed by atoms with Gasteiger partial charge in [0.05, 0.1) is 15.5 Å². The van der Waals surface area contributed by atoms with Gasteiger partial charge in [0, 0.05) is 16.6 Å². The van der Waals surface area contributed by atoms with Crippen molar-refractivity contribution < 1.29 is 17.6 Å². The van der Waals surface area contributed by atoms with E-state index in [0.717, 1.165) is 10.0 Å². The Kier molecular flexibility index (Phi) is 6.71. The van der Waals surface area contributed by atoms with Gasteiger partial charge in [0.1, 0.15) is 5.82 Å². The second-order valence-corrected chi connectivity index (χ2v) is 10.6. The van der Waals surface area contributed by atoms with Crippen molar-refractivity contribution >= 4 is 43.2 Å². The number of halogens is 2. The number of thiazole rings is 1. The van der Waals surface area contributed by atoms with Crippen LogP contribution in [0.1, 0.15) is 15.4 Å². The van der Waals surface area contributed by atoms with Crippen molar-refractivity contribution in [2.24, 2.45) is 5.14 Å². The van der Waals surface area contributed by atoms with Crippen molar-refractivity contribution in [1.29, 1.82) is 0 Å². The molecule has 0 atom stereocenters. The van der Waals surface area contributed by atoms with E-state index in [1.165, 1.54) is 35.6 Å². The number of primary sulfonamides is 1. The fourth-order valence-electron chi connectivity index (χ4n) is 3.07. The van der Waals surface area contributed by atoms with Crippen LogP contribution >= 0.6 is 27.3 Å². The van der Waals surface area contributed by atoms with Gasteiger partial charge < -0.3 is 5.32 Å². The van der Waals surface area contributed by atoms with Crippen molar-refractivity contribution in [2.75, 3.05) is 0 Å². The lowest BCUT2D eigenvalue weighted by Crippen LogP contribution is -2.22. The van der Waals surface area contributed by atoms with Gasteiger partial charge in [0.15, 0.2) is 5.01 Å². The average Bonchev–Trinajstić information content (AvgIpc) is 3.24. The Morgan fingerprint density at radius 2 is 1.58 bits per heavy atom. The summed E-state index contributed by atoms with van der Waals surface area (Å²) in [6.07, 6.45) is 0. The van der Waals surface area contributed by atoms with Crippen LogP contribution in [-0.2, 0) is 16.6 Å². The van der Waals surface area contributed by atoms with Crippen LogP contribution in [0.3, 0.4) is 0 Å². The van der Waals surface area contributed by atoms with Crippen molar-refractivity contribution in [1.82, 2.24) is 10.3 Å². The lowest BCUT2D eigenvalue weighted by atomic mass is 10.1. The van der Waals surface area contributed by atoms with Crippen LogP contribution in [-0.4, -0.2) is 19.3 Å².